The van der Waals surface area contributed by atoms with E-state index in [0.29, 0.717) is 24.3 Å². The van der Waals surface area contributed by atoms with Crippen molar-refractivity contribution in [3.8, 4) is 11.5 Å². The molecule has 2 atom stereocenters. The summed E-state index contributed by atoms with van der Waals surface area (Å²) in [6.45, 7) is 3.35. The lowest BCUT2D eigenvalue weighted by Crippen LogP contribution is -2.28. The summed E-state index contributed by atoms with van der Waals surface area (Å²) in [4.78, 5) is 0. The molecule has 1 aliphatic heterocycles. The zero-order valence-electron chi connectivity index (χ0n) is 14.1. The van der Waals surface area contributed by atoms with Gasteiger partial charge in [-0.25, -0.2) is 17.6 Å². The van der Waals surface area contributed by atoms with Crippen LogP contribution in [-0.4, -0.2) is 18.9 Å². The minimum Gasteiger partial charge on any atom is -0.492 e. The van der Waals surface area contributed by atoms with Gasteiger partial charge >= 0.3 is 0 Å². The van der Waals surface area contributed by atoms with E-state index in [1.165, 1.54) is 6.92 Å². The number of aryl methyl sites for hydroxylation is 2. The van der Waals surface area contributed by atoms with E-state index in [1.54, 1.807) is 6.92 Å². The van der Waals surface area contributed by atoms with Crippen LogP contribution in [0.15, 0.2) is 12.1 Å². The zero-order chi connectivity index (χ0) is 19.0. The molecule has 0 radical (unpaired) electrons. The molecule has 2 nitrogen and oxygen atoms in total. The van der Waals surface area contributed by atoms with Gasteiger partial charge in [0.25, 0.3) is 0 Å². The van der Waals surface area contributed by atoms with Gasteiger partial charge in [0.1, 0.15) is 5.75 Å². The largest absolute Gasteiger partial charge is 0.492 e. The van der Waals surface area contributed by atoms with Crippen LogP contribution in [0.25, 0.3) is 0 Å². The summed E-state index contributed by atoms with van der Waals surface area (Å²) >= 11 is 0. The lowest BCUT2D eigenvalue weighted by Gasteiger charge is -2.27. The van der Waals surface area contributed by atoms with Crippen LogP contribution < -0.4 is 14.8 Å². The summed E-state index contributed by atoms with van der Waals surface area (Å²) in [5, 5.41) is 0.203. The number of hydrogen-bond acceptors (Lipinski definition) is 2. The van der Waals surface area contributed by atoms with E-state index in [-0.39, 0.29) is 37.5 Å². The molecule has 3 rings (SSSR count). The molecule has 0 amide bonds. The van der Waals surface area contributed by atoms with Crippen molar-refractivity contribution in [3.63, 3.8) is 0 Å². The maximum absolute atomic E-state index is 14.0. The van der Waals surface area contributed by atoms with E-state index in [4.69, 9.17) is 9.47 Å². The first-order valence-electron chi connectivity index (χ1n) is 7.94. The van der Waals surface area contributed by atoms with Crippen LogP contribution >= 0.6 is 8.58 Å². The molecule has 0 spiro atoms. The van der Waals surface area contributed by atoms with Crippen molar-refractivity contribution < 1.29 is 31.4 Å². The van der Waals surface area contributed by atoms with E-state index >= 15 is 0 Å². The van der Waals surface area contributed by atoms with Crippen molar-refractivity contribution in [2.45, 2.75) is 25.9 Å². The van der Waals surface area contributed by atoms with Crippen molar-refractivity contribution in [1.82, 2.24) is 0 Å². The van der Waals surface area contributed by atoms with Crippen molar-refractivity contribution in [2.75, 3.05) is 13.2 Å². The SMILES string of the molecule is Cc1cc(F)c(F)c(F)c1OCCC1COc2c(C)cc(F)c(F)c2P1. The number of ether oxygens (including phenoxy) is 2. The third-order valence-electron chi connectivity index (χ3n) is 4.15. The van der Waals surface area contributed by atoms with E-state index in [9.17, 15) is 22.0 Å². The van der Waals surface area contributed by atoms with E-state index in [0.717, 1.165) is 12.1 Å². The van der Waals surface area contributed by atoms with Gasteiger partial charge in [0.15, 0.2) is 29.0 Å². The van der Waals surface area contributed by atoms with Gasteiger partial charge in [-0.1, -0.05) is 8.58 Å². The molecule has 1 aliphatic rings. The third kappa shape index (κ3) is 3.50. The standard InChI is InChI=1S/C18H16F5O2P/c1-8-5-11(19)13(21)15(23)16(8)24-4-3-10-7-25-17-9(2)6-12(20)14(22)18(17)26-10/h5-6,10,26H,3-4,7H2,1-2H3. The molecular weight excluding hydrogens is 374 g/mol. The Morgan fingerprint density at radius 2 is 1.65 bits per heavy atom. The second kappa shape index (κ2) is 7.39. The van der Waals surface area contributed by atoms with Crippen LogP contribution in [0, 0.1) is 42.9 Å². The summed E-state index contributed by atoms with van der Waals surface area (Å²) in [7, 11) is -0.0346. The number of halogens is 5. The molecule has 1 heterocycles. The Kier molecular flexibility index (Phi) is 5.37. The van der Waals surface area contributed by atoms with Gasteiger partial charge in [-0.15, -0.1) is 0 Å². The van der Waals surface area contributed by atoms with Gasteiger partial charge in [-0.2, -0.15) is 4.39 Å². The lowest BCUT2D eigenvalue weighted by atomic mass is 10.2. The fraction of sp³-hybridized carbons (Fsp3) is 0.333. The Labute approximate surface area is 149 Å². The van der Waals surface area contributed by atoms with Gasteiger partial charge in [0.2, 0.25) is 5.82 Å². The maximum atomic E-state index is 14.0. The van der Waals surface area contributed by atoms with E-state index in [1.807, 2.05) is 0 Å². The van der Waals surface area contributed by atoms with Gasteiger partial charge in [-0.3, -0.25) is 0 Å². The predicted octanol–water partition coefficient (Wildman–Crippen LogP) is 4.53. The molecular formula is C18H16F5O2P. The second-order valence-electron chi connectivity index (χ2n) is 6.12. The molecule has 2 unspecified atom stereocenters. The number of hydrogen-bond donors (Lipinski definition) is 0. The van der Waals surface area contributed by atoms with E-state index < -0.39 is 29.1 Å². The molecule has 2 aromatic carbocycles. The number of fused-ring (bicyclic) bond motifs is 1. The van der Waals surface area contributed by atoms with Crippen molar-refractivity contribution in [1.29, 1.82) is 0 Å². The molecule has 0 bridgehead atoms. The summed E-state index contributed by atoms with van der Waals surface area (Å²) in [5.41, 5.74) is 0.519. The highest BCUT2D eigenvalue weighted by Crippen LogP contribution is 2.36. The minimum atomic E-state index is -1.59. The highest BCUT2D eigenvalue weighted by molar-refractivity contribution is 7.48. The lowest BCUT2D eigenvalue weighted by molar-refractivity contribution is 0.256. The average Bonchev–Trinajstić information content (AvgIpc) is 2.60. The van der Waals surface area contributed by atoms with Crippen LogP contribution in [0.4, 0.5) is 22.0 Å². The summed E-state index contributed by atoms with van der Waals surface area (Å²) in [6.07, 6.45) is 0.366. The molecule has 0 N–H and O–H groups in total. The molecule has 0 fully saturated rings. The van der Waals surface area contributed by atoms with Crippen LogP contribution in [0.5, 0.6) is 11.5 Å². The minimum absolute atomic E-state index is 0.00904. The van der Waals surface area contributed by atoms with Crippen LogP contribution in [0.2, 0.25) is 0 Å². The van der Waals surface area contributed by atoms with Gasteiger partial charge in [-0.05, 0) is 43.5 Å². The Morgan fingerprint density at radius 1 is 1.00 bits per heavy atom. The average molecular weight is 390 g/mol. The number of benzene rings is 2. The van der Waals surface area contributed by atoms with Gasteiger partial charge in [0.05, 0.1) is 18.5 Å². The summed E-state index contributed by atoms with van der Waals surface area (Å²) in [5.74, 6) is -6.07. The first-order chi connectivity index (χ1) is 12.3. The molecule has 8 heteroatoms. The topological polar surface area (TPSA) is 18.5 Å². The van der Waals surface area contributed by atoms with Gasteiger partial charge in [0, 0.05) is 5.66 Å². The smallest absolute Gasteiger partial charge is 0.203 e. The fourth-order valence-corrected chi connectivity index (χ4v) is 4.30. The highest BCUT2D eigenvalue weighted by Gasteiger charge is 2.27. The fourth-order valence-electron chi connectivity index (χ4n) is 2.81. The van der Waals surface area contributed by atoms with Crippen molar-refractivity contribution >= 4 is 13.9 Å². The second-order valence-corrected chi connectivity index (χ2v) is 7.72. The first-order valence-corrected chi connectivity index (χ1v) is 9.02. The summed E-state index contributed by atoms with van der Waals surface area (Å²) < 4.78 is 78.6. The van der Waals surface area contributed by atoms with Crippen molar-refractivity contribution in [3.05, 3.63) is 52.3 Å². The molecule has 0 aliphatic carbocycles. The van der Waals surface area contributed by atoms with E-state index in [2.05, 4.69) is 0 Å². The monoisotopic (exact) mass is 390 g/mol. The molecule has 140 valence electrons. The van der Waals surface area contributed by atoms with Crippen LogP contribution in [0.3, 0.4) is 0 Å². The van der Waals surface area contributed by atoms with Gasteiger partial charge < -0.3 is 9.47 Å². The quantitative estimate of drug-likeness (QED) is 0.434. The molecule has 0 saturated carbocycles. The zero-order valence-corrected chi connectivity index (χ0v) is 15.1. The Bertz CT molecular complexity index is 856. The number of rotatable bonds is 4. The Balaban J connectivity index is 1.67. The predicted molar refractivity (Wildman–Crippen MR) is 89.5 cm³/mol. The Morgan fingerprint density at radius 3 is 2.38 bits per heavy atom. The normalized spacial score (nSPS) is 17.1. The van der Waals surface area contributed by atoms with Crippen molar-refractivity contribution in [2.24, 2.45) is 0 Å². The molecule has 0 aromatic heterocycles. The van der Waals surface area contributed by atoms with Crippen LogP contribution in [0.1, 0.15) is 17.5 Å². The molecule has 2 aromatic rings. The van der Waals surface area contributed by atoms with Crippen LogP contribution in [-0.2, 0) is 0 Å². The molecule has 26 heavy (non-hydrogen) atoms. The third-order valence-corrected chi connectivity index (χ3v) is 5.75. The Hall–Kier alpha value is -1.88. The molecule has 0 saturated heterocycles. The highest BCUT2D eigenvalue weighted by atomic mass is 31.1. The summed E-state index contributed by atoms with van der Waals surface area (Å²) in [6, 6.07) is 1.95. The maximum Gasteiger partial charge on any atom is 0.203 e. The first kappa shape index (κ1) is 18.9.